The molecule has 2 amide bonds. The van der Waals surface area contributed by atoms with E-state index in [0.717, 1.165) is 18.2 Å². The molecule has 0 atom stereocenters. The summed E-state index contributed by atoms with van der Waals surface area (Å²) < 4.78 is 74.6. The maximum absolute atomic E-state index is 13.0. The van der Waals surface area contributed by atoms with Gasteiger partial charge < -0.3 is 19.1 Å². The van der Waals surface area contributed by atoms with Crippen LogP contribution in [0.2, 0.25) is 0 Å². The van der Waals surface area contributed by atoms with Crippen molar-refractivity contribution in [2.75, 3.05) is 19.0 Å². The van der Waals surface area contributed by atoms with Gasteiger partial charge in [0.25, 0.3) is 0 Å². The molecule has 11 heteroatoms. The Kier molecular flexibility index (Phi) is 8.69. The third kappa shape index (κ3) is 7.88. The third-order valence-electron chi connectivity index (χ3n) is 5.12. The third-order valence-corrected chi connectivity index (χ3v) is 6.36. The van der Waals surface area contributed by atoms with Crippen molar-refractivity contribution in [2.24, 2.45) is 5.92 Å². The highest BCUT2D eigenvalue weighted by Gasteiger charge is 2.32. The Morgan fingerprint density at radius 3 is 2.32 bits per heavy atom. The number of urea groups is 1. The standard InChI is InChI=1S/C26H27F3N2O5S/c1-18(2)16-31(25(32)30-21-9-6-10-22(15-21)35-3)17-19-7-4-11-23(13-19)36-37(33,34)24-12-5-8-20(14-24)26(27,28)29/h4-15,18H,16-17H2,1-3H3,(H,30,32). The predicted molar refractivity (Wildman–Crippen MR) is 133 cm³/mol. The fourth-order valence-electron chi connectivity index (χ4n) is 3.48. The molecule has 198 valence electrons. The Bertz CT molecular complexity index is 1340. The quantitative estimate of drug-likeness (QED) is 0.331. The number of benzene rings is 3. The number of halogens is 3. The number of carbonyl (C=O) groups excluding carboxylic acids is 1. The number of nitrogens with one attached hydrogen (secondary N) is 1. The molecule has 0 fully saturated rings. The molecule has 0 aliphatic heterocycles. The Hall–Kier alpha value is -3.73. The van der Waals surface area contributed by atoms with Gasteiger partial charge in [0.05, 0.1) is 12.7 Å². The number of amides is 2. The van der Waals surface area contributed by atoms with Crippen LogP contribution < -0.4 is 14.2 Å². The van der Waals surface area contributed by atoms with Crippen molar-refractivity contribution < 1.29 is 35.3 Å². The van der Waals surface area contributed by atoms with Gasteiger partial charge in [-0.25, -0.2) is 4.79 Å². The smallest absolute Gasteiger partial charge is 0.416 e. The van der Waals surface area contributed by atoms with E-state index in [0.29, 0.717) is 29.6 Å². The highest BCUT2D eigenvalue weighted by atomic mass is 32.2. The summed E-state index contributed by atoms with van der Waals surface area (Å²) in [5.41, 5.74) is 0.0119. The molecular formula is C26H27F3N2O5S. The van der Waals surface area contributed by atoms with E-state index in [1.807, 2.05) is 13.8 Å². The van der Waals surface area contributed by atoms with Crippen LogP contribution in [0, 0.1) is 5.92 Å². The van der Waals surface area contributed by atoms with Crippen molar-refractivity contribution in [3.8, 4) is 11.5 Å². The minimum absolute atomic E-state index is 0.0902. The van der Waals surface area contributed by atoms with Gasteiger partial charge >= 0.3 is 22.3 Å². The van der Waals surface area contributed by atoms with Gasteiger partial charge in [0, 0.05) is 24.8 Å². The molecule has 0 spiro atoms. The summed E-state index contributed by atoms with van der Waals surface area (Å²) in [6, 6.07) is 15.9. The van der Waals surface area contributed by atoms with Crippen molar-refractivity contribution in [1.29, 1.82) is 0 Å². The van der Waals surface area contributed by atoms with E-state index in [9.17, 15) is 26.4 Å². The molecule has 37 heavy (non-hydrogen) atoms. The molecule has 0 saturated carbocycles. The Morgan fingerprint density at radius 2 is 1.65 bits per heavy atom. The number of hydrogen-bond acceptors (Lipinski definition) is 5. The monoisotopic (exact) mass is 536 g/mol. The average Bonchev–Trinajstić information content (AvgIpc) is 2.83. The number of alkyl halides is 3. The van der Waals surface area contributed by atoms with Gasteiger partial charge in [-0.3, -0.25) is 0 Å². The van der Waals surface area contributed by atoms with Crippen LogP contribution in [0.15, 0.2) is 77.7 Å². The summed E-state index contributed by atoms with van der Waals surface area (Å²) in [6.07, 6.45) is -4.70. The number of ether oxygens (including phenoxy) is 1. The van der Waals surface area contributed by atoms with Crippen molar-refractivity contribution in [3.63, 3.8) is 0 Å². The number of nitrogens with zero attached hydrogens (tertiary/aromatic N) is 1. The van der Waals surface area contributed by atoms with Crippen molar-refractivity contribution >= 4 is 21.8 Å². The lowest BCUT2D eigenvalue weighted by atomic mass is 10.1. The zero-order valence-corrected chi connectivity index (χ0v) is 21.3. The number of carbonyl (C=O) groups is 1. The van der Waals surface area contributed by atoms with Gasteiger partial charge in [-0.1, -0.05) is 38.1 Å². The van der Waals surface area contributed by atoms with Gasteiger partial charge in [0.15, 0.2) is 0 Å². The molecule has 1 N–H and O–H groups in total. The van der Waals surface area contributed by atoms with E-state index < -0.39 is 26.8 Å². The minimum Gasteiger partial charge on any atom is -0.497 e. The van der Waals surface area contributed by atoms with Gasteiger partial charge in [-0.15, -0.1) is 0 Å². The number of hydrogen-bond donors (Lipinski definition) is 1. The Balaban J connectivity index is 1.78. The molecule has 3 aromatic carbocycles. The highest BCUT2D eigenvalue weighted by molar-refractivity contribution is 7.87. The summed E-state index contributed by atoms with van der Waals surface area (Å²) in [4.78, 5) is 14.0. The van der Waals surface area contributed by atoms with E-state index in [4.69, 9.17) is 8.92 Å². The van der Waals surface area contributed by atoms with E-state index in [1.54, 1.807) is 41.3 Å². The second-order valence-corrected chi connectivity index (χ2v) is 10.2. The van der Waals surface area contributed by atoms with Crippen LogP contribution in [0.25, 0.3) is 0 Å². The molecule has 3 rings (SSSR count). The van der Waals surface area contributed by atoms with Gasteiger partial charge in [0.1, 0.15) is 16.4 Å². The zero-order valence-electron chi connectivity index (χ0n) is 20.5. The Labute approximate surface area is 213 Å². The zero-order chi connectivity index (χ0) is 27.2. The molecule has 0 radical (unpaired) electrons. The molecular weight excluding hydrogens is 509 g/mol. The number of rotatable bonds is 9. The second-order valence-electron chi connectivity index (χ2n) is 8.65. The Morgan fingerprint density at radius 1 is 0.973 bits per heavy atom. The van der Waals surface area contributed by atoms with Gasteiger partial charge in [-0.05, 0) is 53.9 Å². The average molecular weight is 537 g/mol. The number of anilines is 1. The second kappa shape index (κ2) is 11.5. The molecule has 0 heterocycles. The molecule has 0 aliphatic carbocycles. The lowest BCUT2D eigenvalue weighted by Gasteiger charge is -2.25. The van der Waals surface area contributed by atoms with Crippen molar-refractivity contribution in [3.05, 3.63) is 83.9 Å². The van der Waals surface area contributed by atoms with E-state index in [-0.39, 0.29) is 24.2 Å². The molecule has 7 nitrogen and oxygen atoms in total. The lowest BCUT2D eigenvalue weighted by molar-refractivity contribution is -0.137. The molecule has 0 saturated heterocycles. The first kappa shape index (κ1) is 27.9. The van der Waals surface area contributed by atoms with Gasteiger partial charge in [0.2, 0.25) is 0 Å². The number of methoxy groups -OCH3 is 1. The SMILES string of the molecule is COc1cccc(NC(=O)N(Cc2cccc(OS(=O)(=O)c3cccc(C(F)(F)F)c3)c2)CC(C)C)c1. The van der Waals surface area contributed by atoms with Gasteiger partial charge in [-0.2, -0.15) is 21.6 Å². The van der Waals surface area contributed by atoms with Crippen LogP contribution in [0.1, 0.15) is 25.0 Å². The summed E-state index contributed by atoms with van der Waals surface area (Å²) in [5, 5.41) is 2.82. The van der Waals surface area contributed by atoms with Crippen LogP contribution in [-0.2, 0) is 22.8 Å². The molecule has 0 aromatic heterocycles. The minimum atomic E-state index is -4.70. The fourth-order valence-corrected chi connectivity index (χ4v) is 4.45. The molecule has 0 bridgehead atoms. The first-order valence-corrected chi connectivity index (χ1v) is 12.7. The topological polar surface area (TPSA) is 84.9 Å². The summed E-state index contributed by atoms with van der Waals surface area (Å²) in [7, 11) is -3.01. The highest BCUT2D eigenvalue weighted by Crippen LogP contribution is 2.31. The molecule has 3 aromatic rings. The van der Waals surface area contributed by atoms with Crippen LogP contribution in [0.4, 0.5) is 23.7 Å². The summed E-state index contributed by atoms with van der Waals surface area (Å²) >= 11 is 0. The normalized spacial score (nSPS) is 11.8. The van der Waals surface area contributed by atoms with E-state index >= 15 is 0 Å². The predicted octanol–water partition coefficient (Wildman–Crippen LogP) is 6.17. The van der Waals surface area contributed by atoms with Crippen LogP contribution >= 0.6 is 0 Å². The van der Waals surface area contributed by atoms with Crippen LogP contribution in [0.5, 0.6) is 11.5 Å². The summed E-state index contributed by atoms with van der Waals surface area (Å²) in [5.74, 6) is 0.629. The van der Waals surface area contributed by atoms with Crippen LogP contribution in [0.3, 0.4) is 0 Å². The largest absolute Gasteiger partial charge is 0.497 e. The van der Waals surface area contributed by atoms with E-state index in [2.05, 4.69) is 5.32 Å². The lowest BCUT2D eigenvalue weighted by Crippen LogP contribution is -2.37. The maximum Gasteiger partial charge on any atom is 0.416 e. The first-order valence-electron chi connectivity index (χ1n) is 11.3. The van der Waals surface area contributed by atoms with Crippen molar-refractivity contribution in [1.82, 2.24) is 4.90 Å². The van der Waals surface area contributed by atoms with E-state index in [1.165, 1.54) is 19.2 Å². The maximum atomic E-state index is 13.0. The first-order chi connectivity index (χ1) is 17.4. The molecule has 0 unspecified atom stereocenters. The van der Waals surface area contributed by atoms with Crippen molar-refractivity contribution in [2.45, 2.75) is 31.5 Å². The molecule has 0 aliphatic rings. The van der Waals surface area contributed by atoms with Crippen LogP contribution in [-0.4, -0.2) is 33.0 Å². The fraction of sp³-hybridized carbons (Fsp3) is 0.269. The summed E-state index contributed by atoms with van der Waals surface area (Å²) in [6.45, 7) is 4.44.